The van der Waals surface area contributed by atoms with E-state index in [0.29, 0.717) is 25.9 Å². The molecule has 0 saturated carbocycles. The second-order valence-corrected chi connectivity index (χ2v) is 10.9. The maximum atomic E-state index is 12.8. The van der Waals surface area contributed by atoms with Gasteiger partial charge in [0, 0.05) is 42.1 Å². The summed E-state index contributed by atoms with van der Waals surface area (Å²) in [7, 11) is -3.51. The molecule has 2 aromatic carbocycles. The van der Waals surface area contributed by atoms with Gasteiger partial charge >= 0.3 is 0 Å². The van der Waals surface area contributed by atoms with E-state index in [1.165, 1.54) is 9.71 Å². The van der Waals surface area contributed by atoms with Crippen molar-refractivity contribution in [1.82, 2.24) is 9.29 Å². The van der Waals surface area contributed by atoms with Crippen molar-refractivity contribution in [3.8, 4) is 0 Å². The highest BCUT2D eigenvalue weighted by molar-refractivity contribution is 7.98. The maximum Gasteiger partial charge on any atom is 0.236 e. The third kappa shape index (κ3) is 6.79. The van der Waals surface area contributed by atoms with Gasteiger partial charge in [-0.05, 0) is 54.3 Å². The number of benzene rings is 2. The van der Waals surface area contributed by atoms with Crippen LogP contribution >= 0.6 is 11.8 Å². The predicted molar refractivity (Wildman–Crippen MR) is 138 cm³/mol. The Morgan fingerprint density at radius 2 is 1.79 bits per heavy atom. The van der Waals surface area contributed by atoms with Crippen molar-refractivity contribution in [2.45, 2.75) is 23.6 Å². The summed E-state index contributed by atoms with van der Waals surface area (Å²) in [6.45, 7) is 0.667. The minimum atomic E-state index is -3.51. The van der Waals surface area contributed by atoms with Gasteiger partial charge in [-0.1, -0.05) is 48.5 Å². The maximum absolute atomic E-state index is 12.8. The van der Waals surface area contributed by atoms with Crippen LogP contribution in [0.15, 0.2) is 89.4 Å². The zero-order valence-electron chi connectivity index (χ0n) is 18.7. The molecule has 1 saturated heterocycles. The number of nitrogens with zero attached hydrogens (tertiary/aromatic N) is 2. The lowest BCUT2D eigenvalue weighted by Gasteiger charge is -2.29. The van der Waals surface area contributed by atoms with E-state index < -0.39 is 10.0 Å². The molecule has 0 atom stereocenters. The van der Waals surface area contributed by atoms with Crippen molar-refractivity contribution >= 4 is 39.5 Å². The van der Waals surface area contributed by atoms with Gasteiger partial charge in [0.15, 0.2) is 0 Å². The molecule has 1 aliphatic heterocycles. The fraction of sp³-hybridized carbons (Fsp3) is 0.231. The number of rotatable bonds is 8. The van der Waals surface area contributed by atoms with Gasteiger partial charge in [-0.25, -0.2) is 13.4 Å². The van der Waals surface area contributed by atoms with E-state index in [1.54, 1.807) is 24.0 Å². The van der Waals surface area contributed by atoms with Crippen LogP contribution < -0.4 is 5.32 Å². The number of aromatic nitrogens is 1. The number of hydrogen-bond acceptors (Lipinski definition) is 5. The number of carbonyl (C=O) groups excluding carboxylic acids is 1. The SMILES string of the molecule is O=C(Nc1cccc(CSc2ccccn2)c1)C1CCN(S(=O)(=O)/C=C/c2ccccc2)CC1. The van der Waals surface area contributed by atoms with Gasteiger partial charge in [0.1, 0.15) is 0 Å². The van der Waals surface area contributed by atoms with Crippen molar-refractivity contribution in [3.05, 3.63) is 95.5 Å². The molecule has 0 spiro atoms. The second-order valence-electron chi connectivity index (χ2n) is 8.08. The number of sulfonamides is 1. The van der Waals surface area contributed by atoms with Gasteiger partial charge in [0.05, 0.1) is 5.03 Å². The highest BCUT2D eigenvalue weighted by Crippen LogP contribution is 2.25. The van der Waals surface area contributed by atoms with E-state index in [9.17, 15) is 13.2 Å². The first-order valence-corrected chi connectivity index (χ1v) is 13.7. The molecule has 1 aliphatic rings. The summed E-state index contributed by atoms with van der Waals surface area (Å²) in [6.07, 6.45) is 4.38. The third-order valence-corrected chi connectivity index (χ3v) is 8.22. The molecule has 0 aliphatic carbocycles. The highest BCUT2D eigenvalue weighted by Gasteiger charge is 2.30. The second kappa shape index (κ2) is 11.5. The quantitative estimate of drug-likeness (QED) is 0.446. The molecule has 0 bridgehead atoms. The predicted octanol–water partition coefficient (Wildman–Crippen LogP) is 5.03. The van der Waals surface area contributed by atoms with Crippen molar-refractivity contribution in [2.75, 3.05) is 18.4 Å². The number of thioether (sulfide) groups is 1. The summed E-state index contributed by atoms with van der Waals surface area (Å²) in [4.78, 5) is 17.1. The first-order valence-electron chi connectivity index (χ1n) is 11.2. The first kappa shape index (κ1) is 24.2. The third-order valence-electron chi connectivity index (χ3n) is 5.64. The topological polar surface area (TPSA) is 79.4 Å². The van der Waals surface area contributed by atoms with Crippen molar-refractivity contribution in [2.24, 2.45) is 5.92 Å². The average molecular weight is 494 g/mol. The Kier molecular flexibility index (Phi) is 8.16. The molecule has 1 fully saturated rings. The molecule has 2 heterocycles. The van der Waals surface area contributed by atoms with Gasteiger partial charge in [-0.2, -0.15) is 4.31 Å². The van der Waals surface area contributed by atoms with Crippen LogP contribution in [0.3, 0.4) is 0 Å². The molecular weight excluding hydrogens is 466 g/mol. The molecule has 1 amide bonds. The number of anilines is 1. The number of hydrogen-bond donors (Lipinski definition) is 1. The van der Waals surface area contributed by atoms with Gasteiger partial charge in [-0.3, -0.25) is 4.79 Å². The Bertz CT molecular complexity index is 1220. The Morgan fingerprint density at radius 1 is 1.03 bits per heavy atom. The Morgan fingerprint density at radius 3 is 2.53 bits per heavy atom. The number of piperidine rings is 1. The normalized spacial score (nSPS) is 15.4. The van der Waals surface area contributed by atoms with E-state index in [2.05, 4.69) is 10.3 Å². The average Bonchev–Trinajstić information content (AvgIpc) is 2.88. The Balaban J connectivity index is 1.28. The number of nitrogens with one attached hydrogen (secondary N) is 1. The van der Waals surface area contributed by atoms with Crippen molar-refractivity contribution < 1.29 is 13.2 Å². The molecule has 6 nitrogen and oxygen atoms in total. The number of amides is 1. The van der Waals surface area contributed by atoms with E-state index in [0.717, 1.165) is 27.6 Å². The largest absolute Gasteiger partial charge is 0.326 e. The lowest BCUT2D eigenvalue weighted by molar-refractivity contribution is -0.120. The van der Waals surface area contributed by atoms with Crippen LogP contribution in [0.25, 0.3) is 6.08 Å². The fourth-order valence-electron chi connectivity index (χ4n) is 3.76. The molecule has 0 unspecified atom stereocenters. The summed E-state index contributed by atoms with van der Waals surface area (Å²) in [6, 6.07) is 23.0. The lowest BCUT2D eigenvalue weighted by Crippen LogP contribution is -2.40. The number of pyridine rings is 1. The summed E-state index contributed by atoms with van der Waals surface area (Å²) in [5, 5.41) is 5.21. The van der Waals surface area contributed by atoms with Gasteiger partial charge in [-0.15, -0.1) is 11.8 Å². The summed E-state index contributed by atoms with van der Waals surface area (Å²) in [5.74, 6) is 0.482. The molecule has 176 valence electrons. The smallest absolute Gasteiger partial charge is 0.236 e. The monoisotopic (exact) mass is 493 g/mol. The van der Waals surface area contributed by atoms with E-state index >= 15 is 0 Å². The molecular formula is C26H27N3O3S2. The van der Waals surface area contributed by atoms with Crippen LogP contribution in [0.1, 0.15) is 24.0 Å². The van der Waals surface area contributed by atoms with Crippen LogP contribution in [0, 0.1) is 5.92 Å². The van der Waals surface area contributed by atoms with Gasteiger partial charge in [0.25, 0.3) is 0 Å². The van der Waals surface area contributed by atoms with E-state index in [4.69, 9.17) is 0 Å². The zero-order valence-corrected chi connectivity index (χ0v) is 20.3. The molecule has 8 heteroatoms. The minimum Gasteiger partial charge on any atom is -0.326 e. The fourth-order valence-corrected chi connectivity index (χ4v) is 5.79. The highest BCUT2D eigenvalue weighted by atomic mass is 32.2. The van der Waals surface area contributed by atoms with Crippen LogP contribution in [-0.2, 0) is 20.6 Å². The van der Waals surface area contributed by atoms with Gasteiger partial charge in [0.2, 0.25) is 15.9 Å². The summed E-state index contributed by atoms with van der Waals surface area (Å²) >= 11 is 1.64. The van der Waals surface area contributed by atoms with Crippen LogP contribution in [0.4, 0.5) is 5.69 Å². The van der Waals surface area contributed by atoms with Crippen molar-refractivity contribution in [3.63, 3.8) is 0 Å². The minimum absolute atomic E-state index is 0.0635. The standard InChI is InChI=1S/C26H27N3O3S2/c30-26(28-24-10-6-9-22(19-24)20-33-25-11-4-5-15-27-25)23-12-16-29(17-13-23)34(31,32)18-14-21-7-2-1-3-8-21/h1-11,14-15,18-19,23H,12-13,16-17,20H2,(H,28,30)/b18-14+. The zero-order chi connectivity index (χ0) is 23.8. The van der Waals surface area contributed by atoms with Crippen LogP contribution in [0.5, 0.6) is 0 Å². The molecule has 34 heavy (non-hydrogen) atoms. The summed E-state index contributed by atoms with van der Waals surface area (Å²) < 4.78 is 26.8. The van der Waals surface area contributed by atoms with E-state index in [1.807, 2.05) is 72.8 Å². The van der Waals surface area contributed by atoms with Gasteiger partial charge < -0.3 is 5.32 Å². The Labute approximate surface area is 205 Å². The molecule has 3 aromatic rings. The first-order chi connectivity index (χ1) is 16.5. The van der Waals surface area contributed by atoms with Crippen LogP contribution in [-0.4, -0.2) is 36.7 Å². The molecule has 1 N–H and O–H groups in total. The lowest BCUT2D eigenvalue weighted by atomic mass is 9.97. The Hall–Kier alpha value is -2.94. The van der Waals surface area contributed by atoms with E-state index in [-0.39, 0.29) is 11.8 Å². The molecule has 0 radical (unpaired) electrons. The van der Waals surface area contributed by atoms with Crippen LogP contribution in [0.2, 0.25) is 0 Å². The number of carbonyl (C=O) groups is 1. The molecule has 1 aromatic heterocycles. The summed E-state index contributed by atoms with van der Waals surface area (Å²) in [5.41, 5.74) is 2.69. The van der Waals surface area contributed by atoms with Crippen molar-refractivity contribution in [1.29, 1.82) is 0 Å². The molecule has 4 rings (SSSR count).